The van der Waals surface area contributed by atoms with Crippen LogP contribution in [0.25, 0.3) is 0 Å². The van der Waals surface area contributed by atoms with Gasteiger partial charge in [-0.3, -0.25) is 14.5 Å². The largest absolute Gasteiger partial charge is 0.497 e. The number of imide groups is 1. The first-order valence-electron chi connectivity index (χ1n) is 6.63. The molecule has 3 unspecified atom stereocenters. The Morgan fingerprint density at radius 1 is 1.15 bits per heavy atom. The maximum atomic E-state index is 12.0. The van der Waals surface area contributed by atoms with Gasteiger partial charge in [0.25, 0.3) is 0 Å². The van der Waals surface area contributed by atoms with Crippen LogP contribution >= 0.6 is 0 Å². The summed E-state index contributed by atoms with van der Waals surface area (Å²) in [7, 11) is 1.57. The van der Waals surface area contributed by atoms with Crippen LogP contribution in [0, 0.1) is 11.8 Å². The third kappa shape index (κ3) is 2.54. The minimum atomic E-state index is -0.883. The summed E-state index contributed by atoms with van der Waals surface area (Å²) >= 11 is 0. The fourth-order valence-corrected chi connectivity index (χ4v) is 2.31. The molecule has 5 heteroatoms. The number of carbonyl (C=O) groups excluding carboxylic acids is 2. The second kappa shape index (κ2) is 5.63. The van der Waals surface area contributed by atoms with Crippen LogP contribution in [-0.4, -0.2) is 35.5 Å². The summed E-state index contributed by atoms with van der Waals surface area (Å²) in [5, 5.41) is 10.2. The van der Waals surface area contributed by atoms with Crippen molar-refractivity contribution in [3.8, 4) is 5.75 Å². The number of hydrogen-bond acceptors (Lipinski definition) is 4. The maximum absolute atomic E-state index is 12.0. The number of ether oxygens (including phenoxy) is 1. The highest BCUT2D eigenvalue weighted by molar-refractivity contribution is 6.04. The molecule has 1 aliphatic rings. The summed E-state index contributed by atoms with van der Waals surface area (Å²) in [5.41, 5.74) is 0.651. The number of carbonyl (C=O) groups is 2. The first-order chi connectivity index (χ1) is 9.45. The van der Waals surface area contributed by atoms with Gasteiger partial charge in [0, 0.05) is 11.8 Å². The van der Waals surface area contributed by atoms with E-state index in [4.69, 9.17) is 4.74 Å². The van der Waals surface area contributed by atoms with Crippen LogP contribution in [0.2, 0.25) is 0 Å². The van der Waals surface area contributed by atoms with E-state index in [1.165, 1.54) is 0 Å². The van der Waals surface area contributed by atoms with E-state index in [-0.39, 0.29) is 30.2 Å². The van der Waals surface area contributed by atoms with Gasteiger partial charge in [0.2, 0.25) is 11.8 Å². The van der Waals surface area contributed by atoms with E-state index in [2.05, 4.69) is 0 Å². The molecule has 1 saturated heterocycles. The second-order valence-electron chi connectivity index (χ2n) is 5.15. The Hall–Kier alpha value is -1.88. The topological polar surface area (TPSA) is 66.8 Å². The highest BCUT2D eigenvalue weighted by Crippen LogP contribution is 2.27. The van der Waals surface area contributed by atoms with E-state index in [0.29, 0.717) is 11.3 Å². The van der Waals surface area contributed by atoms with E-state index >= 15 is 0 Å². The number of likely N-dealkylation sites (tertiary alicyclic amines) is 1. The van der Waals surface area contributed by atoms with Crippen LogP contribution in [0.5, 0.6) is 5.75 Å². The zero-order valence-corrected chi connectivity index (χ0v) is 11.9. The first-order valence-corrected chi connectivity index (χ1v) is 6.63. The standard InChI is InChI=1S/C15H19NO4/c1-9-10(2)15(19)16(14(9)18)8-13(17)11-4-6-12(20-3)7-5-11/h4-7,9-10,13,17H,8H2,1-3H3. The Bertz CT molecular complexity index is 491. The molecule has 1 N–H and O–H groups in total. The predicted octanol–water partition coefficient (Wildman–Crippen LogP) is 1.37. The van der Waals surface area contributed by atoms with Crippen LogP contribution in [-0.2, 0) is 9.59 Å². The lowest BCUT2D eigenvalue weighted by Gasteiger charge is -2.19. The first kappa shape index (κ1) is 14.5. The van der Waals surface area contributed by atoms with Crippen LogP contribution in [0.15, 0.2) is 24.3 Å². The Labute approximate surface area is 118 Å². The van der Waals surface area contributed by atoms with Crippen molar-refractivity contribution in [2.24, 2.45) is 11.8 Å². The monoisotopic (exact) mass is 277 g/mol. The quantitative estimate of drug-likeness (QED) is 0.844. The second-order valence-corrected chi connectivity index (χ2v) is 5.15. The molecule has 0 bridgehead atoms. The molecule has 5 nitrogen and oxygen atoms in total. The normalized spacial score (nSPS) is 24.1. The number of benzene rings is 1. The molecule has 1 fully saturated rings. The zero-order chi connectivity index (χ0) is 14.9. The summed E-state index contributed by atoms with van der Waals surface area (Å²) in [5.74, 6) is -0.363. The molecular formula is C15H19NO4. The van der Waals surface area contributed by atoms with E-state index in [1.807, 2.05) is 0 Å². The number of aliphatic hydroxyl groups is 1. The van der Waals surface area contributed by atoms with Gasteiger partial charge < -0.3 is 9.84 Å². The molecule has 0 aromatic heterocycles. The van der Waals surface area contributed by atoms with Gasteiger partial charge in [-0.1, -0.05) is 26.0 Å². The van der Waals surface area contributed by atoms with Gasteiger partial charge >= 0.3 is 0 Å². The lowest BCUT2D eigenvalue weighted by atomic mass is 10.00. The summed E-state index contributed by atoms with van der Waals surface area (Å²) < 4.78 is 5.04. The van der Waals surface area contributed by atoms with Gasteiger partial charge in [-0.15, -0.1) is 0 Å². The van der Waals surface area contributed by atoms with E-state index in [1.54, 1.807) is 45.2 Å². The molecule has 0 aliphatic carbocycles. The highest BCUT2D eigenvalue weighted by Gasteiger charge is 2.42. The van der Waals surface area contributed by atoms with Crippen molar-refractivity contribution in [3.05, 3.63) is 29.8 Å². The number of aliphatic hydroxyl groups excluding tert-OH is 1. The molecule has 20 heavy (non-hydrogen) atoms. The number of β-amino-alcohol motifs (C(OH)–C–C–N with tert-alkyl or cyclic N) is 1. The van der Waals surface area contributed by atoms with Crippen molar-refractivity contribution in [2.75, 3.05) is 13.7 Å². The lowest BCUT2D eigenvalue weighted by Crippen LogP contribution is -2.34. The number of nitrogens with zero attached hydrogens (tertiary/aromatic N) is 1. The van der Waals surface area contributed by atoms with E-state index in [9.17, 15) is 14.7 Å². The van der Waals surface area contributed by atoms with Crippen molar-refractivity contribution in [1.82, 2.24) is 4.90 Å². The van der Waals surface area contributed by atoms with Crippen molar-refractivity contribution in [3.63, 3.8) is 0 Å². The summed E-state index contributed by atoms with van der Waals surface area (Å²) in [6.45, 7) is 3.48. The van der Waals surface area contributed by atoms with Crippen LogP contribution < -0.4 is 4.74 Å². The lowest BCUT2D eigenvalue weighted by molar-refractivity contribution is -0.141. The Morgan fingerprint density at radius 3 is 2.10 bits per heavy atom. The average Bonchev–Trinajstić information content (AvgIpc) is 2.65. The van der Waals surface area contributed by atoms with Crippen molar-refractivity contribution >= 4 is 11.8 Å². The smallest absolute Gasteiger partial charge is 0.232 e. The molecule has 0 saturated carbocycles. The molecule has 3 atom stereocenters. The van der Waals surface area contributed by atoms with Crippen molar-refractivity contribution < 1.29 is 19.4 Å². The molecule has 2 rings (SSSR count). The minimum absolute atomic E-state index is 0.00131. The van der Waals surface area contributed by atoms with Crippen LogP contribution in [0.3, 0.4) is 0 Å². The van der Waals surface area contributed by atoms with Gasteiger partial charge in [0.1, 0.15) is 5.75 Å². The number of rotatable bonds is 4. The molecule has 2 amide bonds. The third-order valence-corrected chi connectivity index (χ3v) is 3.92. The minimum Gasteiger partial charge on any atom is -0.497 e. The zero-order valence-electron chi connectivity index (χ0n) is 11.9. The van der Waals surface area contributed by atoms with Gasteiger partial charge in [-0.2, -0.15) is 0 Å². The van der Waals surface area contributed by atoms with Crippen LogP contribution in [0.1, 0.15) is 25.5 Å². The third-order valence-electron chi connectivity index (χ3n) is 3.92. The average molecular weight is 277 g/mol. The Balaban J connectivity index is 2.09. The fourth-order valence-electron chi connectivity index (χ4n) is 2.31. The summed E-state index contributed by atoms with van der Waals surface area (Å²) in [4.78, 5) is 25.1. The molecule has 0 radical (unpaired) electrons. The number of amides is 2. The molecule has 0 spiro atoms. The highest BCUT2D eigenvalue weighted by atomic mass is 16.5. The van der Waals surface area contributed by atoms with Gasteiger partial charge in [-0.25, -0.2) is 0 Å². The van der Waals surface area contributed by atoms with Crippen molar-refractivity contribution in [1.29, 1.82) is 0 Å². The molecule has 1 aromatic rings. The Kier molecular flexibility index (Phi) is 4.09. The maximum Gasteiger partial charge on any atom is 0.232 e. The SMILES string of the molecule is COc1ccc(C(O)CN2C(=O)C(C)C(C)C2=O)cc1. The molecular weight excluding hydrogens is 258 g/mol. The molecule has 1 aliphatic heterocycles. The number of methoxy groups -OCH3 is 1. The van der Waals surface area contributed by atoms with Gasteiger partial charge in [0.05, 0.1) is 19.8 Å². The van der Waals surface area contributed by atoms with Gasteiger partial charge in [-0.05, 0) is 17.7 Å². The van der Waals surface area contributed by atoms with Gasteiger partial charge in [0.15, 0.2) is 0 Å². The summed E-state index contributed by atoms with van der Waals surface area (Å²) in [6.07, 6.45) is -0.883. The molecule has 108 valence electrons. The fraction of sp³-hybridized carbons (Fsp3) is 0.467. The summed E-state index contributed by atoms with van der Waals surface area (Å²) in [6, 6.07) is 6.91. The van der Waals surface area contributed by atoms with Crippen molar-refractivity contribution in [2.45, 2.75) is 20.0 Å². The molecule has 1 heterocycles. The predicted molar refractivity (Wildman–Crippen MR) is 73.0 cm³/mol. The number of hydrogen-bond donors (Lipinski definition) is 1. The van der Waals surface area contributed by atoms with E-state index in [0.717, 1.165) is 4.90 Å². The Morgan fingerprint density at radius 2 is 1.65 bits per heavy atom. The van der Waals surface area contributed by atoms with E-state index < -0.39 is 6.10 Å². The van der Waals surface area contributed by atoms with Crippen LogP contribution in [0.4, 0.5) is 0 Å². The molecule has 1 aromatic carbocycles.